The molecule has 150 valence electrons. The summed E-state index contributed by atoms with van der Waals surface area (Å²) < 4.78 is 15.4. The summed E-state index contributed by atoms with van der Waals surface area (Å²) in [5.41, 5.74) is 0.786. The van der Waals surface area contributed by atoms with Crippen LogP contribution in [-0.2, 0) is 22.5 Å². The van der Waals surface area contributed by atoms with Gasteiger partial charge in [-0.15, -0.1) is 0 Å². The zero-order valence-electron chi connectivity index (χ0n) is 16.1. The first-order chi connectivity index (χ1) is 13.9. The minimum Gasteiger partial charge on any atom is -0.465 e. The Hall–Kier alpha value is -3.55. The van der Waals surface area contributed by atoms with E-state index in [1.807, 2.05) is 12.1 Å². The van der Waals surface area contributed by atoms with Crippen LogP contribution in [0.25, 0.3) is 0 Å². The van der Waals surface area contributed by atoms with Gasteiger partial charge in [0.2, 0.25) is 6.79 Å². The number of hydrogen-bond donors (Lipinski definition) is 1. The Balaban J connectivity index is 1.52. The van der Waals surface area contributed by atoms with E-state index < -0.39 is 17.5 Å². The number of methoxy groups -OCH3 is 1. The minimum absolute atomic E-state index is 0.0617. The SMILES string of the molecule is COC(=O)c1cccc(CN2C(=O)N[C@@](C)(Cc3ccc4c(c3)OCO4)C2=O)c1. The lowest BCUT2D eigenvalue weighted by atomic mass is 9.92. The molecule has 0 aromatic heterocycles. The molecule has 0 unspecified atom stereocenters. The number of imide groups is 1. The van der Waals surface area contributed by atoms with Crippen molar-refractivity contribution in [1.29, 1.82) is 0 Å². The van der Waals surface area contributed by atoms with Gasteiger partial charge in [0.1, 0.15) is 5.54 Å². The van der Waals surface area contributed by atoms with Crippen molar-refractivity contribution >= 4 is 17.9 Å². The van der Waals surface area contributed by atoms with Gasteiger partial charge >= 0.3 is 12.0 Å². The Morgan fingerprint density at radius 1 is 1.14 bits per heavy atom. The van der Waals surface area contributed by atoms with Crippen molar-refractivity contribution in [1.82, 2.24) is 10.2 Å². The molecule has 2 aliphatic rings. The normalized spacial score (nSPS) is 20.0. The lowest BCUT2D eigenvalue weighted by molar-refractivity contribution is -0.131. The second-order valence-electron chi connectivity index (χ2n) is 7.21. The summed E-state index contributed by atoms with van der Waals surface area (Å²) >= 11 is 0. The van der Waals surface area contributed by atoms with Crippen LogP contribution >= 0.6 is 0 Å². The monoisotopic (exact) mass is 396 g/mol. The van der Waals surface area contributed by atoms with Gasteiger partial charge in [-0.1, -0.05) is 18.2 Å². The van der Waals surface area contributed by atoms with E-state index in [0.29, 0.717) is 29.0 Å². The van der Waals surface area contributed by atoms with Crippen LogP contribution in [-0.4, -0.2) is 42.2 Å². The molecule has 0 aliphatic carbocycles. The molecule has 1 N–H and O–H groups in total. The standard InChI is InChI=1S/C21H20N2O6/c1-21(10-13-6-7-16-17(9-13)29-12-28-16)19(25)23(20(26)22-21)11-14-4-3-5-15(8-14)18(24)27-2/h3-9H,10-12H2,1-2H3,(H,22,26)/t21-/m0/s1. The zero-order chi connectivity index (χ0) is 20.6. The average molecular weight is 396 g/mol. The third-order valence-electron chi connectivity index (χ3n) is 5.03. The highest BCUT2D eigenvalue weighted by Crippen LogP contribution is 2.34. The van der Waals surface area contributed by atoms with Crippen molar-refractivity contribution in [3.05, 3.63) is 59.2 Å². The molecule has 1 fully saturated rings. The number of hydrogen-bond acceptors (Lipinski definition) is 6. The van der Waals surface area contributed by atoms with E-state index in [0.717, 1.165) is 10.5 Å². The number of carbonyl (C=O) groups is 3. The van der Waals surface area contributed by atoms with Crippen LogP contribution < -0.4 is 14.8 Å². The third kappa shape index (κ3) is 3.49. The van der Waals surface area contributed by atoms with E-state index in [-0.39, 0.29) is 19.2 Å². The molecule has 0 bridgehead atoms. The largest absolute Gasteiger partial charge is 0.465 e. The third-order valence-corrected chi connectivity index (χ3v) is 5.03. The summed E-state index contributed by atoms with van der Waals surface area (Å²) in [5, 5.41) is 2.79. The summed E-state index contributed by atoms with van der Waals surface area (Å²) in [6.07, 6.45) is 0.312. The fourth-order valence-electron chi connectivity index (χ4n) is 3.57. The van der Waals surface area contributed by atoms with E-state index in [9.17, 15) is 14.4 Å². The van der Waals surface area contributed by atoms with Crippen molar-refractivity contribution in [3.8, 4) is 11.5 Å². The zero-order valence-corrected chi connectivity index (χ0v) is 16.1. The van der Waals surface area contributed by atoms with Crippen molar-refractivity contribution in [3.63, 3.8) is 0 Å². The Kier molecular flexibility index (Phi) is 4.62. The van der Waals surface area contributed by atoms with Crippen molar-refractivity contribution in [2.45, 2.75) is 25.4 Å². The molecule has 2 heterocycles. The van der Waals surface area contributed by atoms with E-state index >= 15 is 0 Å². The number of fused-ring (bicyclic) bond motifs is 1. The molecule has 3 amide bonds. The first kappa shape index (κ1) is 18.8. The molecule has 1 atom stereocenters. The summed E-state index contributed by atoms with van der Waals surface area (Å²) in [5.74, 6) is 0.479. The fraction of sp³-hybridized carbons (Fsp3) is 0.286. The number of benzene rings is 2. The van der Waals surface area contributed by atoms with Crippen molar-refractivity contribution in [2.24, 2.45) is 0 Å². The van der Waals surface area contributed by atoms with Crippen LogP contribution in [0.4, 0.5) is 4.79 Å². The first-order valence-corrected chi connectivity index (χ1v) is 9.09. The lowest BCUT2D eigenvalue weighted by Crippen LogP contribution is -2.45. The van der Waals surface area contributed by atoms with Crippen LogP contribution in [0.1, 0.15) is 28.4 Å². The van der Waals surface area contributed by atoms with Crippen LogP contribution in [0, 0.1) is 0 Å². The molecular formula is C21H20N2O6. The number of nitrogens with zero attached hydrogens (tertiary/aromatic N) is 1. The lowest BCUT2D eigenvalue weighted by Gasteiger charge is -2.22. The number of carbonyl (C=O) groups excluding carboxylic acids is 3. The van der Waals surface area contributed by atoms with Crippen LogP contribution in [0.15, 0.2) is 42.5 Å². The Bertz CT molecular complexity index is 1000. The van der Waals surface area contributed by atoms with Gasteiger partial charge in [0.15, 0.2) is 11.5 Å². The molecule has 0 radical (unpaired) electrons. The predicted octanol–water partition coefficient (Wildman–Crippen LogP) is 2.26. The van der Waals surface area contributed by atoms with Gasteiger partial charge in [-0.05, 0) is 42.3 Å². The highest BCUT2D eigenvalue weighted by Gasteiger charge is 2.47. The van der Waals surface area contributed by atoms with Gasteiger partial charge in [-0.25, -0.2) is 9.59 Å². The van der Waals surface area contributed by atoms with Gasteiger partial charge in [-0.3, -0.25) is 9.69 Å². The molecule has 29 heavy (non-hydrogen) atoms. The van der Waals surface area contributed by atoms with E-state index in [1.165, 1.54) is 7.11 Å². The number of ether oxygens (including phenoxy) is 3. The average Bonchev–Trinajstić information content (AvgIpc) is 3.25. The summed E-state index contributed by atoms with van der Waals surface area (Å²) in [7, 11) is 1.30. The van der Waals surface area contributed by atoms with Crippen LogP contribution in [0.3, 0.4) is 0 Å². The molecule has 2 aliphatic heterocycles. The number of esters is 1. The quantitative estimate of drug-likeness (QED) is 0.615. The first-order valence-electron chi connectivity index (χ1n) is 9.09. The predicted molar refractivity (Wildman–Crippen MR) is 102 cm³/mol. The summed E-state index contributed by atoms with van der Waals surface area (Å²) in [6.45, 7) is 1.93. The smallest absolute Gasteiger partial charge is 0.337 e. The van der Waals surface area contributed by atoms with E-state index in [4.69, 9.17) is 14.2 Å². The highest BCUT2D eigenvalue weighted by molar-refractivity contribution is 6.07. The van der Waals surface area contributed by atoms with Gasteiger partial charge in [0, 0.05) is 6.42 Å². The van der Waals surface area contributed by atoms with Crippen molar-refractivity contribution < 1.29 is 28.6 Å². The van der Waals surface area contributed by atoms with Crippen LogP contribution in [0.2, 0.25) is 0 Å². The molecule has 2 aromatic rings. The Morgan fingerprint density at radius 2 is 1.93 bits per heavy atom. The highest BCUT2D eigenvalue weighted by atomic mass is 16.7. The van der Waals surface area contributed by atoms with Crippen molar-refractivity contribution in [2.75, 3.05) is 13.9 Å². The van der Waals surface area contributed by atoms with Gasteiger partial charge in [0.05, 0.1) is 19.2 Å². The number of rotatable bonds is 5. The minimum atomic E-state index is -1.08. The molecule has 2 aromatic carbocycles. The summed E-state index contributed by atoms with van der Waals surface area (Å²) in [6, 6.07) is 11.6. The number of nitrogens with one attached hydrogen (secondary N) is 1. The molecule has 8 nitrogen and oxygen atoms in total. The maximum absolute atomic E-state index is 13.1. The Labute approximate surface area is 167 Å². The molecule has 0 saturated carbocycles. The molecule has 0 spiro atoms. The second-order valence-corrected chi connectivity index (χ2v) is 7.21. The summed E-state index contributed by atoms with van der Waals surface area (Å²) in [4.78, 5) is 38.4. The Morgan fingerprint density at radius 3 is 2.72 bits per heavy atom. The fourth-order valence-corrected chi connectivity index (χ4v) is 3.57. The van der Waals surface area contributed by atoms with E-state index in [2.05, 4.69) is 5.32 Å². The number of urea groups is 1. The molecule has 1 saturated heterocycles. The van der Waals surface area contributed by atoms with Crippen LogP contribution in [0.5, 0.6) is 11.5 Å². The topological polar surface area (TPSA) is 94.2 Å². The maximum Gasteiger partial charge on any atom is 0.337 e. The second kappa shape index (κ2) is 7.12. The molecule has 4 rings (SSSR count). The number of amides is 3. The molecular weight excluding hydrogens is 376 g/mol. The van der Waals surface area contributed by atoms with Gasteiger partial charge < -0.3 is 19.5 Å². The van der Waals surface area contributed by atoms with Gasteiger partial charge in [0.25, 0.3) is 5.91 Å². The van der Waals surface area contributed by atoms with E-state index in [1.54, 1.807) is 37.3 Å². The van der Waals surface area contributed by atoms with Gasteiger partial charge in [-0.2, -0.15) is 0 Å². The molecule has 8 heteroatoms. The maximum atomic E-state index is 13.1.